The largest absolute Gasteiger partial charge is 0.387 e. The molecule has 2 aliphatic rings. The zero-order valence-corrected chi connectivity index (χ0v) is 18.4. The van der Waals surface area contributed by atoms with Crippen molar-refractivity contribution < 1.29 is 23.5 Å². The number of nitrogens with zero attached hydrogens (tertiary/aromatic N) is 2. The van der Waals surface area contributed by atoms with E-state index in [1.165, 1.54) is 11.0 Å². The van der Waals surface area contributed by atoms with Crippen LogP contribution >= 0.6 is 0 Å². The predicted molar refractivity (Wildman–Crippen MR) is 119 cm³/mol. The third kappa shape index (κ3) is 5.39. The van der Waals surface area contributed by atoms with Crippen LogP contribution in [0.4, 0.5) is 8.78 Å². The average Bonchev–Trinajstić information content (AvgIpc) is 3.06. The Morgan fingerprint density at radius 2 is 1.64 bits per heavy atom. The van der Waals surface area contributed by atoms with Crippen LogP contribution in [0.15, 0.2) is 48.5 Å². The molecule has 176 valence electrons. The molecular weight excluding hydrogens is 428 g/mol. The van der Waals surface area contributed by atoms with Gasteiger partial charge in [0.1, 0.15) is 18.2 Å². The lowest BCUT2D eigenvalue weighted by molar-refractivity contribution is -0.135. The van der Waals surface area contributed by atoms with Crippen LogP contribution in [0.3, 0.4) is 0 Å². The van der Waals surface area contributed by atoms with E-state index in [9.17, 15) is 23.5 Å². The van der Waals surface area contributed by atoms with Crippen molar-refractivity contribution in [2.24, 2.45) is 0 Å². The third-order valence-corrected chi connectivity index (χ3v) is 6.78. The van der Waals surface area contributed by atoms with Crippen LogP contribution in [0.25, 0.3) is 0 Å². The molecule has 8 heteroatoms. The van der Waals surface area contributed by atoms with Gasteiger partial charge in [-0.25, -0.2) is 8.78 Å². The molecule has 2 aromatic rings. The Hall–Kier alpha value is -2.84. The predicted octanol–water partition coefficient (Wildman–Crippen LogP) is 2.71. The molecule has 0 aromatic heterocycles. The number of rotatable bonds is 8. The molecule has 6 nitrogen and oxygen atoms in total. The van der Waals surface area contributed by atoms with Gasteiger partial charge < -0.3 is 15.3 Å². The van der Waals surface area contributed by atoms with Crippen LogP contribution in [0.5, 0.6) is 0 Å². The first kappa shape index (κ1) is 23.3. The van der Waals surface area contributed by atoms with Gasteiger partial charge in [0.25, 0.3) is 5.91 Å². The molecule has 33 heavy (non-hydrogen) atoms. The zero-order chi connectivity index (χ0) is 23.4. The Labute approximate surface area is 192 Å². The molecule has 2 N–H and O–H groups in total. The molecule has 0 spiro atoms. The number of fused-ring (bicyclic) bond motifs is 2. The molecule has 0 radical (unpaired) electrons. The number of aliphatic hydroxyl groups excluding tert-OH is 1. The highest BCUT2D eigenvalue weighted by Gasteiger charge is 2.41. The number of benzene rings is 2. The number of hydrogen-bond donors (Lipinski definition) is 2. The van der Waals surface area contributed by atoms with E-state index < -0.39 is 24.1 Å². The van der Waals surface area contributed by atoms with Crippen molar-refractivity contribution in [3.63, 3.8) is 0 Å². The lowest BCUT2D eigenvalue weighted by atomic mass is 9.97. The van der Waals surface area contributed by atoms with E-state index in [1.54, 1.807) is 12.1 Å². The quantitative estimate of drug-likeness (QED) is 0.640. The smallest absolute Gasteiger partial charge is 0.251 e. The number of carbonyl (C=O) groups excluding carboxylic acids is 2. The molecule has 2 aliphatic heterocycles. The second kappa shape index (κ2) is 10.4. The number of amides is 2. The van der Waals surface area contributed by atoms with Crippen LogP contribution in [0, 0.1) is 11.6 Å². The monoisotopic (exact) mass is 457 g/mol. The Morgan fingerprint density at radius 3 is 2.24 bits per heavy atom. The van der Waals surface area contributed by atoms with Gasteiger partial charge in [0, 0.05) is 42.3 Å². The number of nitrogens with one attached hydrogen (secondary N) is 1. The highest BCUT2D eigenvalue weighted by Crippen LogP contribution is 2.35. The molecule has 2 heterocycles. The fourth-order valence-corrected chi connectivity index (χ4v) is 5.12. The van der Waals surface area contributed by atoms with Crippen molar-refractivity contribution in [1.29, 1.82) is 0 Å². The van der Waals surface area contributed by atoms with E-state index in [2.05, 4.69) is 10.2 Å². The van der Waals surface area contributed by atoms with Crippen molar-refractivity contribution in [2.75, 3.05) is 19.7 Å². The summed E-state index contributed by atoms with van der Waals surface area (Å²) < 4.78 is 28.2. The Morgan fingerprint density at radius 1 is 1.00 bits per heavy atom. The van der Waals surface area contributed by atoms with Crippen LogP contribution in [-0.4, -0.2) is 64.5 Å². The zero-order valence-electron chi connectivity index (χ0n) is 18.4. The fourth-order valence-electron chi connectivity index (χ4n) is 5.12. The van der Waals surface area contributed by atoms with Crippen molar-refractivity contribution in [3.8, 4) is 0 Å². The van der Waals surface area contributed by atoms with E-state index in [4.69, 9.17) is 0 Å². The van der Waals surface area contributed by atoms with Gasteiger partial charge >= 0.3 is 0 Å². The van der Waals surface area contributed by atoms with Gasteiger partial charge in [-0.05, 0) is 49.9 Å². The normalized spacial score (nSPS) is 22.2. The molecule has 2 atom stereocenters. The Kier molecular flexibility index (Phi) is 7.35. The minimum atomic E-state index is -0.712. The topological polar surface area (TPSA) is 72.9 Å². The number of hydrogen-bond acceptors (Lipinski definition) is 4. The van der Waals surface area contributed by atoms with Crippen molar-refractivity contribution in [1.82, 2.24) is 15.1 Å². The summed E-state index contributed by atoms with van der Waals surface area (Å²) in [6, 6.07) is 13.4. The van der Waals surface area contributed by atoms with Crippen LogP contribution in [-0.2, 0) is 11.3 Å². The minimum absolute atomic E-state index is 0.0694. The lowest BCUT2D eigenvalue weighted by Gasteiger charge is -2.40. The molecular formula is C25H29F2N3O3. The molecule has 0 saturated carbocycles. The maximum atomic E-state index is 14.1. The van der Waals surface area contributed by atoms with Crippen molar-refractivity contribution in [3.05, 3.63) is 71.3 Å². The SMILES string of the molecule is O=C(NC1CC2CCC(C1)N2CCN(Cc1c(F)cccc1F)C(=O)CO)c1ccccc1. The summed E-state index contributed by atoms with van der Waals surface area (Å²) in [5.74, 6) is -2.04. The van der Waals surface area contributed by atoms with Crippen LogP contribution in [0.2, 0.25) is 0 Å². The minimum Gasteiger partial charge on any atom is -0.387 e. The van der Waals surface area contributed by atoms with Crippen LogP contribution in [0.1, 0.15) is 41.6 Å². The second-order valence-corrected chi connectivity index (χ2v) is 8.80. The number of piperidine rings is 1. The summed E-state index contributed by atoms with van der Waals surface area (Å²) >= 11 is 0. The molecule has 4 rings (SSSR count). The lowest BCUT2D eigenvalue weighted by Crippen LogP contribution is -2.52. The molecule has 0 aliphatic carbocycles. The van der Waals surface area contributed by atoms with Gasteiger partial charge in [-0.1, -0.05) is 24.3 Å². The molecule has 2 bridgehead atoms. The van der Waals surface area contributed by atoms with Crippen molar-refractivity contribution in [2.45, 2.75) is 50.4 Å². The van der Waals surface area contributed by atoms with Gasteiger partial charge in [0.05, 0.1) is 6.54 Å². The maximum Gasteiger partial charge on any atom is 0.251 e. The highest BCUT2D eigenvalue weighted by atomic mass is 19.1. The summed E-state index contributed by atoms with van der Waals surface area (Å²) in [5.41, 5.74) is 0.468. The summed E-state index contributed by atoms with van der Waals surface area (Å²) in [6.45, 7) is -0.120. The highest BCUT2D eigenvalue weighted by molar-refractivity contribution is 5.94. The molecule has 2 amide bonds. The number of carbonyl (C=O) groups is 2. The standard InChI is InChI=1S/C25H29F2N3O3/c26-22-7-4-8-23(27)21(22)15-29(24(32)16-31)11-12-30-19-9-10-20(30)14-18(13-19)28-25(33)17-5-2-1-3-6-17/h1-8,18-20,31H,9-16H2,(H,28,33). The summed E-state index contributed by atoms with van der Waals surface area (Å²) in [4.78, 5) is 28.4. The van der Waals surface area contributed by atoms with E-state index in [0.29, 0.717) is 12.1 Å². The van der Waals surface area contributed by atoms with Gasteiger partial charge in [0.15, 0.2) is 0 Å². The maximum absolute atomic E-state index is 14.1. The third-order valence-electron chi connectivity index (χ3n) is 6.78. The van der Waals surface area contributed by atoms with Gasteiger partial charge in [-0.3, -0.25) is 14.5 Å². The number of aliphatic hydroxyl groups is 1. The average molecular weight is 458 g/mol. The van der Waals surface area contributed by atoms with E-state index >= 15 is 0 Å². The first-order valence-electron chi connectivity index (χ1n) is 11.4. The van der Waals surface area contributed by atoms with E-state index in [1.807, 2.05) is 18.2 Å². The molecule has 2 aromatic carbocycles. The van der Waals surface area contributed by atoms with Gasteiger partial charge in [0.2, 0.25) is 5.91 Å². The van der Waals surface area contributed by atoms with E-state index in [-0.39, 0.29) is 42.7 Å². The van der Waals surface area contributed by atoms with Crippen molar-refractivity contribution >= 4 is 11.8 Å². The fraction of sp³-hybridized carbons (Fsp3) is 0.440. The number of halogens is 2. The Balaban J connectivity index is 1.36. The first-order valence-corrected chi connectivity index (χ1v) is 11.4. The summed E-state index contributed by atoms with van der Waals surface area (Å²) in [5, 5.41) is 12.5. The van der Waals surface area contributed by atoms with Gasteiger partial charge in [-0.15, -0.1) is 0 Å². The Bertz CT molecular complexity index is 954. The molecule has 2 saturated heterocycles. The first-order chi connectivity index (χ1) is 16.0. The molecule has 2 fully saturated rings. The molecule has 2 unspecified atom stereocenters. The summed E-state index contributed by atoms with van der Waals surface area (Å²) in [7, 11) is 0. The second-order valence-electron chi connectivity index (χ2n) is 8.80. The van der Waals surface area contributed by atoms with Gasteiger partial charge in [-0.2, -0.15) is 0 Å². The van der Waals surface area contributed by atoms with Crippen LogP contribution < -0.4 is 5.32 Å². The van der Waals surface area contributed by atoms with E-state index in [0.717, 1.165) is 37.8 Å². The summed E-state index contributed by atoms with van der Waals surface area (Å²) in [6.07, 6.45) is 3.67.